The van der Waals surface area contributed by atoms with E-state index in [0.29, 0.717) is 10.6 Å². The molecule has 0 heterocycles. The molecular weight excluding hydrogens is 402 g/mol. The molecule has 0 saturated heterocycles. The van der Waals surface area contributed by atoms with Crippen molar-refractivity contribution in [3.05, 3.63) is 94.5 Å². The Morgan fingerprint density at radius 2 is 1.50 bits per heavy atom. The maximum atomic E-state index is 12.6. The summed E-state index contributed by atoms with van der Waals surface area (Å²) in [5, 5.41) is 12.7. The van der Waals surface area contributed by atoms with Crippen LogP contribution in [0.1, 0.15) is 29.5 Å². The maximum Gasteiger partial charge on any atom is 0.408 e. The lowest BCUT2D eigenvalue weighted by Crippen LogP contribution is -2.49. The predicted molar refractivity (Wildman–Crippen MR) is 115 cm³/mol. The molecular formula is C24H20ClNO4. The second-order valence-corrected chi connectivity index (χ2v) is 7.82. The summed E-state index contributed by atoms with van der Waals surface area (Å²) < 4.78 is 5.49. The quantitative estimate of drug-likeness (QED) is 0.595. The summed E-state index contributed by atoms with van der Waals surface area (Å²) in [6.07, 6.45) is -0.795. The van der Waals surface area contributed by atoms with Crippen LogP contribution in [0.25, 0.3) is 11.1 Å². The van der Waals surface area contributed by atoms with Crippen LogP contribution >= 0.6 is 11.6 Å². The molecule has 1 unspecified atom stereocenters. The van der Waals surface area contributed by atoms with E-state index < -0.39 is 17.6 Å². The van der Waals surface area contributed by atoms with Gasteiger partial charge in [0.2, 0.25) is 0 Å². The van der Waals surface area contributed by atoms with Gasteiger partial charge in [-0.25, -0.2) is 9.59 Å². The van der Waals surface area contributed by atoms with Crippen LogP contribution in [0, 0.1) is 0 Å². The number of alkyl carbamates (subject to hydrolysis) is 1. The van der Waals surface area contributed by atoms with Gasteiger partial charge < -0.3 is 15.2 Å². The molecule has 0 saturated carbocycles. The van der Waals surface area contributed by atoms with E-state index in [4.69, 9.17) is 16.3 Å². The lowest BCUT2D eigenvalue weighted by Gasteiger charge is -2.27. The minimum absolute atomic E-state index is 0.102. The van der Waals surface area contributed by atoms with Gasteiger partial charge in [-0.1, -0.05) is 72.3 Å². The molecule has 0 aliphatic heterocycles. The zero-order chi connectivity index (χ0) is 21.3. The molecule has 0 spiro atoms. The largest absolute Gasteiger partial charge is 0.479 e. The summed E-state index contributed by atoms with van der Waals surface area (Å²) in [4.78, 5) is 24.5. The lowest BCUT2D eigenvalue weighted by atomic mass is 9.92. The van der Waals surface area contributed by atoms with Crippen LogP contribution in [-0.4, -0.2) is 23.8 Å². The fourth-order valence-electron chi connectivity index (χ4n) is 3.87. The number of amides is 1. The van der Waals surface area contributed by atoms with Crippen molar-refractivity contribution in [2.45, 2.75) is 18.4 Å². The first-order valence-electron chi connectivity index (χ1n) is 9.53. The van der Waals surface area contributed by atoms with Crippen molar-refractivity contribution in [1.82, 2.24) is 5.32 Å². The Balaban J connectivity index is 1.52. The summed E-state index contributed by atoms with van der Waals surface area (Å²) in [5.74, 6) is -1.30. The van der Waals surface area contributed by atoms with Gasteiger partial charge in [-0.15, -0.1) is 0 Å². The van der Waals surface area contributed by atoms with E-state index in [2.05, 4.69) is 17.4 Å². The van der Waals surface area contributed by atoms with E-state index in [1.165, 1.54) is 6.92 Å². The van der Waals surface area contributed by atoms with Crippen molar-refractivity contribution in [2.75, 3.05) is 6.61 Å². The number of aliphatic carboxylic acids is 1. The Morgan fingerprint density at radius 3 is 2.03 bits per heavy atom. The van der Waals surface area contributed by atoms with Gasteiger partial charge in [0.25, 0.3) is 0 Å². The Kier molecular flexibility index (Phi) is 5.22. The molecule has 1 aliphatic rings. The number of nitrogens with one attached hydrogen (secondary N) is 1. The van der Waals surface area contributed by atoms with Gasteiger partial charge in [0, 0.05) is 10.9 Å². The highest BCUT2D eigenvalue weighted by atomic mass is 35.5. The number of carboxylic acid groups (broad SMARTS) is 1. The average molecular weight is 422 g/mol. The fourth-order valence-corrected chi connectivity index (χ4v) is 4.00. The third-order valence-electron chi connectivity index (χ3n) is 5.55. The predicted octanol–water partition coefficient (Wildman–Crippen LogP) is 5.18. The minimum atomic E-state index is -1.65. The number of halogens is 1. The number of hydrogen-bond donors (Lipinski definition) is 2. The number of rotatable bonds is 5. The van der Waals surface area contributed by atoms with Crippen LogP contribution in [0.5, 0.6) is 0 Å². The molecule has 2 N–H and O–H groups in total. The van der Waals surface area contributed by atoms with E-state index in [-0.39, 0.29) is 12.5 Å². The van der Waals surface area contributed by atoms with Gasteiger partial charge in [-0.3, -0.25) is 0 Å². The summed E-state index contributed by atoms with van der Waals surface area (Å²) in [6.45, 7) is 1.52. The molecule has 0 radical (unpaired) electrons. The van der Waals surface area contributed by atoms with Crippen molar-refractivity contribution in [3.63, 3.8) is 0 Å². The highest BCUT2D eigenvalue weighted by Crippen LogP contribution is 2.44. The number of benzene rings is 3. The van der Waals surface area contributed by atoms with E-state index in [1.807, 2.05) is 36.4 Å². The van der Waals surface area contributed by atoms with Crippen LogP contribution in [0.4, 0.5) is 4.79 Å². The fraction of sp³-hybridized carbons (Fsp3) is 0.167. The number of fused-ring (bicyclic) bond motifs is 3. The Labute approximate surface area is 179 Å². The molecule has 1 amide bonds. The smallest absolute Gasteiger partial charge is 0.408 e. The van der Waals surface area contributed by atoms with Gasteiger partial charge >= 0.3 is 12.1 Å². The minimum Gasteiger partial charge on any atom is -0.479 e. The monoisotopic (exact) mass is 421 g/mol. The van der Waals surface area contributed by atoms with Gasteiger partial charge in [0.15, 0.2) is 5.54 Å². The molecule has 3 aromatic rings. The molecule has 152 valence electrons. The van der Waals surface area contributed by atoms with Crippen molar-refractivity contribution < 1.29 is 19.4 Å². The molecule has 6 heteroatoms. The molecule has 3 aromatic carbocycles. The third kappa shape index (κ3) is 3.53. The van der Waals surface area contributed by atoms with E-state index in [0.717, 1.165) is 22.3 Å². The first-order chi connectivity index (χ1) is 14.4. The highest BCUT2D eigenvalue weighted by molar-refractivity contribution is 6.30. The molecule has 4 rings (SSSR count). The van der Waals surface area contributed by atoms with Crippen LogP contribution in [0.2, 0.25) is 5.02 Å². The topological polar surface area (TPSA) is 75.6 Å². The third-order valence-corrected chi connectivity index (χ3v) is 5.80. The summed E-state index contributed by atoms with van der Waals surface area (Å²) >= 11 is 5.89. The van der Waals surface area contributed by atoms with E-state index in [9.17, 15) is 14.7 Å². The van der Waals surface area contributed by atoms with Gasteiger partial charge in [0.1, 0.15) is 6.61 Å². The van der Waals surface area contributed by atoms with E-state index >= 15 is 0 Å². The molecule has 30 heavy (non-hydrogen) atoms. The van der Waals surface area contributed by atoms with Gasteiger partial charge in [-0.2, -0.15) is 0 Å². The molecule has 0 bridgehead atoms. The first-order valence-corrected chi connectivity index (χ1v) is 9.90. The first kappa shape index (κ1) is 20.0. The molecule has 0 aromatic heterocycles. The van der Waals surface area contributed by atoms with Crippen LogP contribution in [0.3, 0.4) is 0 Å². The number of hydrogen-bond acceptors (Lipinski definition) is 3. The van der Waals surface area contributed by atoms with Crippen LogP contribution in [0.15, 0.2) is 72.8 Å². The number of carboxylic acids is 1. The second-order valence-electron chi connectivity index (χ2n) is 7.39. The second kappa shape index (κ2) is 7.84. The molecule has 1 aliphatic carbocycles. The SMILES string of the molecule is CC(NC(=O)OCC1c2ccccc2-c2ccccc21)(C(=O)O)c1ccc(Cl)cc1. The Hall–Kier alpha value is -3.31. The molecule has 0 fully saturated rings. The number of carbonyl (C=O) groups excluding carboxylic acids is 1. The molecule has 1 atom stereocenters. The maximum absolute atomic E-state index is 12.6. The lowest BCUT2D eigenvalue weighted by molar-refractivity contribution is -0.144. The zero-order valence-corrected chi connectivity index (χ0v) is 17.0. The van der Waals surface area contributed by atoms with Crippen molar-refractivity contribution in [3.8, 4) is 11.1 Å². The standard InChI is InChI=1S/C24H20ClNO4/c1-24(22(27)28,15-10-12-16(25)13-11-15)26-23(29)30-14-21-19-8-4-2-6-17(19)18-7-3-5-9-20(18)21/h2-13,21H,14H2,1H3,(H,26,29)(H,27,28). The number of carbonyl (C=O) groups is 2. The van der Waals surface area contributed by atoms with Gasteiger partial charge in [0.05, 0.1) is 0 Å². The Morgan fingerprint density at radius 1 is 0.967 bits per heavy atom. The number of ether oxygens (including phenoxy) is 1. The van der Waals surface area contributed by atoms with Crippen molar-refractivity contribution in [2.24, 2.45) is 0 Å². The summed E-state index contributed by atoms with van der Waals surface area (Å²) in [5.41, 5.74) is 3.17. The van der Waals surface area contributed by atoms with Crippen molar-refractivity contribution >= 4 is 23.7 Å². The van der Waals surface area contributed by atoms with Crippen LogP contribution < -0.4 is 5.32 Å². The van der Waals surface area contributed by atoms with E-state index in [1.54, 1.807) is 24.3 Å². The van der Waals surface area contributed by atoms with Crippen molar-refractivity contribution in [1.29, 1.82) is 0 Å². The normalized spacial score (nSPS) is 14.3. The average Bonchev–Trinajstić information content (AvgIpc) is 3.06. The van der Waals surface area contributed by atoms with Gasteiger partial charge in [-0.05, 0) is 46.9 Å². The highest BCUT2D eigenvalue weighted by Gasteiger charge is 2.38. The summed E-state index contributed by atoms with van der Waals surface area (Å²) in [7, 11) is 0. The zero-order valence-electron chi connectivity index (χ0n) is 16.3. The Bertz CT molecular complexity index is 1070. The molecule has 5 nitrogen and oxygen atoms in total. The summed E-state index contributed by atoms with van der Waals surface area (Å²) in [6, 6.07) is 22.3. The van der Waals surface area contributed by atoms with Crippen LogP contribution in [-0.2, 0) is 15.1 Å².